The Morgan fingerprint density at radius 2 is 2.25 bits per heavy atom. The largest absolute Gasteiger partial charge is 0.339 e. The normalized spacial score (nSPS) is 10.6. The van der Waals surface area contributed by atoms with Gasteiger partial charge in [-0.15, -0.1) is 0 Å². The second kappa shape index (κ2) is 5.39. The summed E-state index contributed by atoms with van der Waals surface area (Å²) in [6.45, 7) is 2.18. The van der Waals surface area contributed by atoms with Crippen LogP contribution in [-0.4, -0.2) is 15.1 Å². The van der Waals surface area contributed by atoms with Crippen LogP contribution in [0.15, 0.2) is 29.0 Å². The number of nitrogens with zero attached hydrogens (tertiary/aromatic N) is 3. The number of pyridine rings is 1. The molecular formula is C12H15N3O. The summed E-state index contributed by atoms with van der Waals surface area (Å²) < 4.78 is 5.18. The molecule has 2 rings (SSSR count). The van der Waals surface area contributed by atoms with Gasteiger partial charge in [0.15, 0.2) is 0 Å². The van der Waals surface area contributed by atoms with Crippen molar-refractivity contribution < 1.29 is 4.52 Å². The number of unbranched alkanes of at least 4 members (excludes halogenated alkanes) is 2. The van der Waals surface area contributed by atoms with Gasteiger partial charge in [-0.3, -0.25) is 4.98 Å². The monoisotopic (exact) mass is 217 g/mol. The van der Waals surface area contributed by atoms with Crippen molar-refractivity contribution in [3.63, 3.8) is 0 Å². The molecule has 0 spiro atoms. The smallest absolute Gasteiger partial charge is 0.226 e. The van der Waals surface area contributed by atoms with Crippen LogP contribution in [0.4, 0.5) is 0 Å². The lowest BCUT2D eigenvalue weighted by Gasteiger charge is -1.92. The second-order valence-electron chi connectivity index (χ2n) is 3.71. The number of rotatable bonds is 5. The van der Waals surface area contributed by atoms with Crippen molar-refractivity contribution in [1.82, 2.24) is 15.1 Å². The van der Waals surface area contributed by atoms with Crippen LogP contribution < -0.4 is 0 Å². The molecule has 0 N–H and O–H groups in total. The highest BCUT2D eigenvalue weighted by molar-refractivity contribution is 5.51. The molecule has 84 valence electrons. The Hall–Kier alpha value is -1.71. The predicted molar refractivity (Wildman–Crippen MR) is 60.8 cm³/mol. The maximum absolute atomic E-state index is 5.18. The van der Waals surface area contributed by atoms with Crippen LogP contribution in [0.25, 0.3) is 11.4 Å². The van der Waals surface area contributed by atoms with Crippen LogP contribution in [-0.2, 0) is 6.42 Å². The van der Waals surface area contributed by atoms with Crippen molar-refractivity contribution >= 4 is 0 Å². The van der Waals surface area contributed by atoms with Gasteiger partial charge in [-0.2, -0.15) is 4.98 Å². The highest BCUT2D eigenvalue weighted by atomic mass is 16.5. The highest BCUT2D eigenvalue weighted by Crippen LogP contribution is 2.14. The standard InChI is InChI=1S/C12H15N3O/c1-2-3-4-7-11-14-12(15-16-11)10-6-5-8-13-9-10/h5-6,8-9H,2-4,7H2,1H3. The van der Waals surface area contributed by atoms with Gasteiger partial charge in [-0.1, -0.05) is 24.9 Å². The third kappa shape index (κ3) is 2.66. The lowest BCUT2D eigenvalue weighted by molar-refractivity contribution is 0.374. The summed E-state index contributed by atoms with van der Waals surface area (Å²) in [7, 11) is 0. The zero-order valence-electron chi connectivity index (χ0n) is 9.39. The molecule has 0 aliphatic heterocycles. The number of hydrogen-bond acceptors (Lipinski definition) is 4. The lowest BCUT2D eigenvalue weighted by Crippen LogP contribution is -1.86. The Morgan fingerprint density at radius 1 is 1.31 bits per heavy atom. The van der Waals surface area contributed by atoms with Crippen LogP contribution in [0.5, 0.6) is 0 Å². The van der Waals surface area contributed by atoms with E-state index < -0.39 is 0 Å². The van der Waals surface area contributed by atoms with Crippen LogP contribution in [0.1, 0.15) is 32.1 Å². The maximum atomic E-state index is 5.18. The average molecular weight is 217 g/mol. The van der Waals surface area contributed by atoms with Gasteiger partial charge in [0.2, 0.25) is 11.7 Å². The Balaban J connectivity index is 2.02. The fraction of sp³-hybridized carbons (Fsp3) is 0.417. The number of aromatic nitrogens is 3. The Bertz CT molecular complexity index is 425. The SMILES string of the molecule is CCCCCc1nc(-c2cccnc2)no1. The molecule has 0 bridgehead atoms. The topological polar surface area (TPSA) is 51.8 Å². The predicted octanol–water partition coefficient (Wildman–Crippen LogP) is 2.86. The van der Waals surface area contributed by atoms with Gasteiger partial charge in [-0.25, -0.2) is 0 Å². The van der Waals surface area contributed by atoms with Crippen molar-refractivity contribution in [2.75, 3.05) is 0 Å². The van der Waals surface area contributed by atoms with E-state index in [1.54, 1.807) is 12.4 Å². The van der Waals surface area contributed by atoms with E-state index in [4.69, 9.17) is 4.52 Å². The average Bonchev–Trinajstić information content (AvgIpc) is 2.79. The summed E-state index contributed by atoms with van der Waals surface area (Å²) in [5.41, 5.74) is 0.896. The molecule has 0 amide bonds. The number of aryl methyl sites for hydroxylation is 1. The third-order valence-electron chi connectivity index (χ3n) is 2.38. The molecule has 2 aromatic rings. The molecule has 16 heavy (non-hydrogen) atoms. The van der Waals surface area contributed by atoms with Gasteiger partial charge in [0.05, 0.1) is 0 Å². The van der Waals surface area contributed by atoms with E-state index in [9.17, 15) is 0 Å². The summed E-state index contributed by atoms with van der Waals surface area (Å²) in [5, 5.41) is 3.94. The fourth-order valence-electron chi connectivity index (χ4n) is 1.49. The van der Waals surface area contributed by atoms with Crippen molar-refractivity contribution in [2.45, 2.75) is 32.6 Å². The van der Waals surface area contributed by atoms with Crippen LogP contribution in [0.3, 0.4) is 0 Å². The molecule has 0 unspecified atom stereocenters. The molecule has 0 saturated carbocycles. The summed E-state index contributed by atoms with van der Waals surface area (Å²) in [6, 6.07) is 3.79. The van der Waals surface area contributed by atoms with Crippen molar-refractivity contribution in [3.05, 3.63) is 30.4 Å². The van der Waals surface area contributed by atoms with Gasteiger partial charge >= 0.3 is 0 Å². The van der Waals surface area contributed by atoms with E-state index in [0.29, 0.717) is 11.7 Å². The van der Waals surface area contributed by atoms with Gasteiger partial charge in [0, 0.05) is 24.4 Å². The quantitative estimate of drug-likeness (QED) is 0.722. The third-order valence-corrected chi connectivity index (χ3v) is 2.38. The summed E-state index contributed by atoms with van der Waals surface area (Å²) in [4.78, 5) is 8.36. The van der Waals surface area contributed by atoms with Crippen molar-refractivity contribution in [1.29, 1.82) is 0 Å². The summed E-state index contributed by atoms with van der Waals surface area (Å²) >= 11 is 0. The summed E-state index contributed by atoms with van der Waals surface area (Å²) in [6.07, 6.45) is 7.83. The molecule has 2 heterocycles. The van der Waals surface area contributed by atoms with E-state index in [1.807, 2.05) is 12.1 Å². The molecule has 0 aliphatic rings. The van der Waals surface area contributed by atoms with Crippen LogP contribution in [0, 0.1) is 0 Å². The Labute approximate surface area is 94.7 Å². The van der Waals surface area contributed by atoms with Crippen molar-refractivity contribution in [2.24, 2.45) is 0 Å². The highest BCUT2D eigenvalue weighted by Gasteiger charge is 2.07. The molecule has 0 radical (unpaired) electrons. The van der Waals surface area contributed by atoms with Crippen LogP contribution in [0.2, 0.25) is 0 Å². The van der Waals surface area contributed by atoms with Gasteiger partial charge in [0.1, 0.15) is 0 Å². The molecule has 0 aliphatic carbocycles. The first-order valence-corrected chi connectivity index (χ1v) is 5.63. The van der Waals surface area contributed by atoms with E-state index in [-0.39, 0.29) is 0 Å². The van der Waals surface area contributed by atoms with Crippen LogP contribution >= 0.6 is 0 Å². The maximum Gasteiger partial charge on any atom is 0.226 e. The van der Waals surface area contributed by atoms with E-state index in [2.05, 4.69) is 22.0 Å². The first kappa shape index (κ1) is 10.8. The van der Waals surface area contributed by atoms with E-state index in [1.165, 1.54) is 12.8 Å². The zero-order chi connectivity index (χ0) is 11.2. The fourth-order valence-corrected chi connectivity index (χ4v) is 1.49. The Kier molecular flexibility index (Phi) is 3.64. The molecule has 0 saturated heterocycles. The molecule has 4 nitrogen and oxygen atoms in total. The van der Waals surface area contributed by atoms with Crippen molar-refractivity contribution in [3.8, 4) is 11.4 Å². The van der Waals surface area contributed by atoms with Gasteiger partial charge in [0.25, 0.3) is 0 Å². The lowest BCUT2D eigenvalue weighted by atomic mass is 10.2. The minimum absolute atomic E-state index is 0.625. The second-order valence-corrected chi connectivity index (χ2v) is 3.71. The molecule has 2 aromatic heterocycles. The van der Waals surface area contributed by atoms with Gasteiger partial charge in [-0.05, 0) is 18.6 Å². The molecule has 0 atom stereocenters. The van der Waals surface area contributed by atoms with E-state index >= 15 is 0 Å². The first-order valence-electron chi connectivity index (χ1n) is 5.63. The summed E-state index contributed by atoms with van der Waals surface area (Å²) in [5.74, 6) is 1.34. The molecular weight excluding hydrogens is 202 g/mol. The van der Waals surface area contributed by atoms with E-state index in [0.717, 1.165) is 18.4 Å². The number of hydrogen-bond donors (Lipinski definition) is 0. The molecule has 0 aromatic carbocycles. The van der Waals surface area contributed by atoms with Gasteiger partial charge < -0.3 is 4.52 Å². The first-order chi connectivity index (χ1) is 7.90. The minimum atomic E-state index is 0.625. The minimum Gasteiger partial charge on any atom is -0.339 e. The molecule has 0 fully saturated rings. The Morgan fingerprint density at radius 3 is 3.00 bits per heavy atom. The zero-order valence-corrected chi connectivity index (χ0v) is 9.39. The molecule has 4 heteroatoms.